The molecular weight excluding hydrogens is 402 g/mol. The Kier molecular flexibility index (Phi) is 6.66. The van der Waals surface area contributed by atoms with E-state index in [1.165, 1.54) is 32.6 Å². The molecule has 4 nitrogen and oxygen atoms in total. The van der Waals surface area contributed by atoms with Crippen LogP contribution in [0.3, 0.4) is 0 Å². The molecule has 0 bridgehead atoms. The van der Waals surface area contributed by atoms with Crippen molar-refractivity contribution in [2.45, 2.75) is 13.0 Å². The van der Waals surface area contributed by atoms with Crippen LogP contribution in [-0.2, 0) is 6.54 Å². The lowest BCUT2D eigenvalue weighted by Gasteiger charge is -2.27. The van der Waals surface area contributed by atoms with Gasteiger partial charge < -0.3 is 10.1 Å². The number of quaternary nitrogens is 1. The minimum Gasteiger partial charge on any atom is -0.497 e. The van der Waals surface area contributed by atoms with Crippen LogP contribution in [0.1, 0.15) is 12.0 Å². The number of benzene rings is 3. The lowest BCUT2D eigenvalue weighted by Crippen LogP contribution is -2.42. The summed E-state index contributed by atoms with van der Waals surface area (Å²) in [5.74, 6) is 2.06. The third-order valence-corrected chi connectivity index (χ3v) is 6.53. The van der Waals surface area contributed by atoms with E-state index in [0.29, 0.717) is 0 Å². The Hall–Kier alpha value is -2.73. The summed E-state index contributed by atoms with van der Waals surface area (Å²) in [6.45, 7) is 2.93. The molecule has 0 saturated carbocycles. The first-order chi connectivity index (χ1) is 15.1. The molecule has 0 atom stereocenters. The van der Waals surface area contributed by atoms with Crippen LogP contribution in [0.25, 0.3) is 21.2 Å². The third-order valence-electron chi connectivity index (χ3n) is 5.71. The van der Waals surface area contributed by atoms with Crippen LogP contribution in [0.5, 0.6) is 5.75 Å². The molecule has 0 amide bonds. The zero-order chi connectivity index (χ0) is 21.7. The zero-order valence-electron chi connectivity index (χ0n) is 18.5. The predicted molar refractivity (Wildman–Crippen MR) is 133 cm³/mol. The minimum atomic E-state index is 0.808. The first-order valence-corrected chi connectivity index (χ1v) is 11.5. The number of hydrogen-bond donors (Lipinski definition) is 1. The van der Waals surface area contributed by atoms with E-state index in [1.54, 1.807) is 18.6 Å². The Bertz CT molecular complexity index is 1120. The van der Waals surface area contributed by atoms with Gasteiger partial charge in [-0.1, -0.05) is 48.5 Å². The quantitative estimate of drug-likeness (QED) is 0.271. The maximum absolute atomic E-state index is 5.24. The number of nitrogens with zero attached hydrogens (tertiary/aromatic N) is 2. The van der Waals surface area contributed by atoms with Crippen molar-refractivity contribution in [3.63, 3.8) is 0 Å². The second-order valence-corrected chi connectivity index (χ2v) is 9.17. The smallest absolute Gasteiger partial charge is 0.246 e. The normalized spacial score (nSPS) is 11.7. The molecule has 4 rings (SSSR count). The van der Waals surface area contributed by atoms with Crippen molar-refractivity contribution in [1.82, 2.24) is 14.2 Å². The molecule has 4 aromatic rings. The molecule has 0 aliphatic carbocycles. The lowest BCUT2D eigenvalue weighted by molar-refractivity contribution is 0.381. The second-order valence-electron chi connectivity index (χ2n) is 8.37. The summed E-state index contributed by atoms with van der Waals surface area (Å²) < 4.78 is 12.1. The van der Waals surface area contributed by atoms with Crippen LogP contribution in [0.2, 0.25) is 0 Å². The average Bonchev–Trinajstić information content (AvgIpc) is 3.25. The molecule has 1 aromatic heterocycles. The van der Waals surface area contributed by atoms with E-state index in [2.05, 4.69) is 80.1 Å². The summed E-state index contributed by atoms with van der Waals surface area (Å²) in [4.78, 5) is 0. The van der Waals surface area contributed by atoms with E-state index in [4.69, 9.17) is 9.11 Å². The third kappa shape index (κ3) is 5.13. The second kappa shape index (κ2) is 9.60. The van der Waals surface area contributed by atoms with Gasteiger partial charge in [0.15, 0.2) is 0 Å². The Morgan fingerprint density at radius 1 is 0.903 bits per heavy atom. The summed E-state index contributed by atoms with van der Waals surface area (Å²) in [7, 11) is 6.19. The van der Waals surface area contributed by atoms with Crippen LogP contribution in [0.4, 0.5) is 5.82 Å². The molecule has 160 valence electrons. The Balaban J connectivity index is 1.26. The number of nitrogens with one attached hydrogen (secondary N) is 1. The highest BCUT2D eigenvalue weighted by Crippen LogP contribution is 2.31. The van der Waals surface area contributed by atoms with Crippen molar-refractivity contribution < 1.29 is 4.74 Å². The van der Waals surface area contributed by atoms with E-state index >= 15 is 0 Å². The summed E-state index contributed by atoms with van der Waals surface area (Å²) in [5.41, 5.74) is 3.73. The van der Waals surface area contributed by atoms with Gasteiger partial charge >= 0.3 is 0 Å². The molecule has 0 radical (unpaired) electrons. The van der Waals surface area contributed by atoms with Gasteiger partial charge in [-0.15, -0.1) is 4.37 Å². The molecule has 0 unspecified atom stereocenters. The standard InChI is InChI=1S/C26H30N3OS/c1-29(2,26-24-7-4-5-8-25(24)31-28-26)18-6-17-27-19-20-9-11-21(12-10-20)22-13-15-23(30-3)16-14-22/h4-5,7-16,27H,6,17-19H2,1-3H3/q+1. The molecule has 0 fully saturated rings. The van der Waals surface area contributed by atoms with Gasteiger partial charge in [-0.3, -0.25) is 4.48 Å². The fourth-order valence-electron chi connectivity index (χ4n) is 3.85. The predicted octanol–water partition coefficient (Wildman–Crippen LogP) is 5.72. The minimum absolute atomic E-state index is 0.808. The Morgan fingerprint density at radius 3 is 2.29 bits per heavy atom. The van der Waals surface area contributed by atoms with Crippen LogP contribution >= 0.6 is 11.5 Å². The van der Waals surface area contributed by atoms with Gasteiger partial charge in [0.1, 0.15) is 5.75 Å². The van der Waals surface area contributed by atoms with Crippen LogP contribution < -0.4 is 14.5 Å². The van der Waals surface area contributed by atoms with Gasteiger partial charge in [0.25, 0.3) is 0 Å². The van der Waals surface area contributed by atoms with Crippen molar-refractivity contribution >= 4 is 27.4 Å². The summed E-state index contributed by atoms with van der Waals surface area (Å²) in [6, 6.07) is 25.5. The topological polar surface area (TPSA) is 34.1 Å². The van der Waals surface area contributed by atoms with Gasteiger partial charge in [-0.05, 0) is 52.5 Å². The van der Waals surface area contributed by atoms with Crippen molar-refractivity contribution in [3.8, 4) is 16.9 Å². The van der Waals surface area contributed by atoms with Crippen molar-refractivity contribution in [1.29, 1.82) is 0 Å². The summed E-state index contributed by atoms with van der Waals surface area (Å²) in [5, 5.41) is 4.87. The van der Waals surface area contributed by atoms with E-state index in [9.17, 15) is 0 Å². The molecule has 0 aliphatic heterocycles. The van der Waals surface area contributed by atoms with E-state index in [0.717, 1.165) is 36.3 Å². The highest BCUT2D eigenvalue weighted by atomic mass is 32.1. The van der Waals surface area contributed by atoms with Crippen LogP contribution in [0.15, 0.2) is 72.8 Å². The Labute approximate surface area is 188 Å². The molecule has 0 saturated heterocycles. The van der Waals surface area contributed by atoms with E-state index in [1.807, 2.05) is 12.1 Å². The summed E-state index contributed by atoms with van der Waals surface area (Å²) >= 11 is 1.60. The Morgan fingerprint density at radius 2 is 1.58 bits per heavy atom. The van der Waals surface area contributed by atoms with E-state index < -0.39 is 0 Å². The van der Waals surface area contributed by atoms with Gasteiger partial charge in [0, 0.05) is 19.5 Å². The number of hydrogen-bond acceptors (Lipinski definition) is 4. The van der Waals surface area contributed by atoms with Gasteiger partial charge in [-0.25, -0.2) is 0 Å². The first kappa shape index (κ1) is 21.5. The van der Waals surface area contributed by atoms with Crippen molar-refractivity contribution in [2.24, 2.45) is 0 Å². The van der Waals surface area contributed by atoms with E-state index in [-0.39, 0.29) is 0 Å². The molecule has 31 heavy (non-hydrogen) atoms. The number of ether oxygens (including phenoxy) is 1. The number of aromatic nitrogens is 1. The molecule has 5 heteroatoms. The zero-order valence-corrected chi connectivity index (χ0v) is 19.3. The largest absolute Gasteiger partial charge is 0.497 e. The molecular formula is C26H30N3OS+. The SMILES string of the molecule is COc1ccc(-c2ccc(CNCCC[N+](C)(C)c3nsc4ccccc34)cc2)cc1. The monoisotopic (exact) mass is 432 g/mol. The number of methoxy groups -OCH3 is 1. The highest BCUT2D eigenvalue weighted by molar-refractivity contribution is 7.13. The lowest BCUT2D eigenvalue weighted by atomic mass is 10.0. The molecule has 3 aromatic carbocycles. The van der Waals surface area contributed by atoms with Crippen LogP contribution in [0, 0.1) is 0 Å². The number of rotatable bonds is 9. The van der Waals surface area contributed by atoms with Crippen molar-refractivity contribution in [2.75, 3.05) is 34.3 Å². The molecule has 0 aliphatic rings. The maximum Gasteiger partial charge on any atom is 0.246 e. The van der Waals surface area contributed by atoms with Crippen molar-refractivity contribution in [3.05, 3.63) is 78.4 Å². The summed E-state index contributed by atoms with van der Waals surface area (Å²) in [6.07, 6.45) is 1.10. The number of fused-ring (bicyclic) bond motifs is 1. The first-order valence-electron chi connectivity index (χ1n) is 10.7. The van der Waals surface area contributed by atoms with Gasteiger partial charge in [-0.2, -0.15) is 0 Å². The van der Waals surface area contributed by atoms with Gasteiger partial charge in [0.05, 0.1) is 37.8 Å². The van der Waals surface area contributed by atoms with Gasteiger partial charge in [0.2, 0.25) is 5.82 Å². The molecule has 1 N–H and O–H groups in total. The fourth-order valence-corrected chi connectivity index (χ4v) is 4.75. The highest BCUT2D eigenvalue weighted by Gasteiger charge is 2.24. The molecule has 0 spiro atoms. The average molecular weight is 433 g/mol. The molecule has 1 heterocycles. The fraction of sp³-hybridized carbons (Fsp3) is 0.269. The van der Waals surface area contributed by atoms with Crippen LogP contribution in [-0.4, -0.2) is 38.7 Å². The maximum atomic E-state index is 5.24.